The Morgan fingerprint density at radius 1 is 1.31 bits per heavy atom. The van der Waals surface area contributed by atoms with E-state index < -0.39 is 10.0 Å². The van der Waals surface area contributed by atoms with Crippen molar-refractivity contribution in [3.8, 4) is 0 Å². The second-order valence-corrected chi connectivity index (χ2v) is 7.84. The van der Waals surface area contributed by atoms with Crippen LogP contribution < -0.4 is 5.32 Å². The molecule has 1 rings (SSSR count). The van der Waals surface area contributed by atoms with Crippen LogP contribution in [-0.4, -0.2) is 57.7 Å². The number of hydrogen-bond acceptors (Lipinski definition) is 5. The van der Waals surface area contributed by atoms with E-state index in [1.54, 1.807) is 4.31 Å². The van der Waals surface area contributed by atoms with Gasteiger partial charge in [0.05, 0.1) is 6.26 Å². The van der Waals surface area contributed by atoms with E-state index in [9.17, 15) is 13.2 Å². The number of likely N-dealkylation sites (N-methyl/N-ethyl adjacent to an activating group) is 1. The molecule has 26 heavy (non-hydrogen) atoms. The molecule has 0 bridgehead atoms. The van der Waals surface area contributed by atoms with Crippen LogP contribution in [0, 0.1) is 0 Å². The Bertz CT molecular complexity index is 524. The molecule has 0 aromatic heterocycles. The van der Waals surface area contributed by atoms with E-state index in [4.69, 9.17) is 0 Å². The minimum absolute atomic E-state index is 0.0126. The van der Waals surface area contributed by atoms with Crippen molar-refractivity contribution in [2.75, 3.05) is 33.0 Å². The van der Waals surface area contributed by atoms with Crippen molar-refractivity contribution in [3.63, 3.8) is 0 Å². The summed E-state index contributed by atoms with van der Waals surface area (Å²) in [5.41, 5.74) is 0.996. The molecule has 0 aliphatic carbocycles. The summed E-state index contributed by atoms with van der Waals surface area (Å²) >= 11 is 0. The maximum atomic E-state index is 11.4. The third kappa shape index (κ3) is 10.7. The minimum atomic E-state index is -3.02. The van der Waals surface area contributed by atoms with Crippen LogP contribution in [0.5, 0.6) is 0 Å². The first-order valence-corrected chi connectivity index (χ1v) is 11.1. The Balaban J connectivity index is 0. The minimum Gasteiger partial charge on any atom is -0.463 e. The Hall–Kier alpha value is -1.18. The van der Waals surface area contributed by atoms with Crippen molar-refractivity contribution in [1.82, 2.24) is 9.62 Å². The first kappa shape index (κ1) is 27.0. The number of piperidine rings is 1. The van der Waals surface area contributed by atoms with E-state index >= 15 is 0 Å². The molecule has 0 saturated carbocycles. The normalized spacial score (nSPS) is 21.3. The summed E-state index contributed by atoms with van der Waals surface area (Å²) in [5.74, 6) is 0. The molecule has 1 heterocycles. The zero-order chi connectivity index (χ0) is 20.6. The molecule has 1 unspecified atom stereocenters. The number of nitrogens with zero attached hydrogens (tertiary/aromatic N) is 1. The number of allylic oxidation sites excluding steroid dienone is 2. The summed E-state index contributed by atoms with van der Waals surface area (Å²) in [5, 5.41) is 3.26. The summed E-state index contributed by atoms with van der Waals surface area (Å²) in [4.78, 5) is 9.76. The van der Waals surface area contributed by atoms with Gasteiger partial charge >= 0.3 is 0 Å². The number of sulfonamides is 1. The second-order valence-electron chi connectivity index (χ2n) is 5.85. The molecule has 154 valence electrons. The highest BCUT2D eigenvalue weighted by atomic mass is 32.2. The second kappa shape index (κ2) is 14.9. The zero-order valence-electron chi connectivity index (χ0n) is 17.5. The number of carbonyl (C=O) groups excluding carboxylic acids is 1. The highest BCUT2D eigenvalue weighted by molar-refractivity contribution is 7.88. The maximum Gasteiger partial charge on any atom is 0.293 e. The smallest absolute Gasteiger partial charge is 0.293 e. The first-order valence-electron chi connectivity index (χ1n) is 9.25. The molecule has 1 saturated heterocycles. The van der Waals surface area contributed by atoms with Gasteiger partial charge in [0.25, 0.3) is 6.47 Å². The molecule has 0 radical (unpaired) electrons. The van der Waals surface area contributed by atoms with Gasteiger partial charge in [-0.1, -0.05) is 39.0 Å². The van der Waals surface area contributed by atoms with Gasteiger partial charge < -0.3 is 10.1 Å². The summed E-state index contributed by atoms with van der Waals surface area (Å²) in [6, 6.07) is 0. The fraction of sp³-hybridized carbons (Fsp3) is 0.737. The van der Waals surface area contributed by atoms with Crippen LogP contribution in [0.1, 0.15) is 53.9 Å². The van der Waals surface area contributed by atoms with Gasteiger partial charge in [-0.2, -0.15) is 0 Å². The van der Waals surface area contributed by atoms with Crippen molar-refractivity contribution in [2.24, 2.45) is 0 Å². The van der Waals surface area contributed by atoms with Crippen LogP contribution in [0.2, 0.25) is 0 Å². The number of rotatable bonds is 7. The van der Waals surface area contributed by atoms with Gasteiger partial charge in [0.2, 0.25) is 10.0 Å². The number of carbonyl (C=O) groups is 1. The molecule has 6 nitrogen and oxygen atoms in total. The lowest BCUT2D eigenvalue weighted by Crippen LogP contribution is -2.56. The summed E-state index contributed by atoms with van der Waals surface area (Å²) in [7, 11) is -1.11. The first-order chi connectivity index (χ1) is 12.3. The Morgan fingerprint density at radius 2 is 1.92 bits per heavy atom. The number of hydrogen-bond donors (Lipinski definition) is 1. The molecule has 1 N–H and O–H groups in total. The van der Waals surface area contributed by atoms with Gasteiger partial charge in [-0.3, -0.25) is 4.79 Å². The van der Waals surface area contributed by atoms with Gasteiger partial charge in [-0.05, 0) is 45.7 Å². The maximum absolute atomic E-state index is 11.4. The molecule has 1 aliphatic heterocycles. The monoisotopic (exact) mass is 390 g/mol. The summed E-state index contributed by atoms with van der Waals surface area (Å²) < 4.78 is 28.9. The zero-order valence-corrected chi connectivity index (χ0v) is 18.4. The van der Waals surface area contributed by atoms with Gasteiger partial charge in [0.15, 0.2) is 0 Å². The molecular formula is C19H38N2O4S. The standard InChI is InChI=1S/C9H20N2O2S.C8H12O2.C2H6/c1-4-9(10-2)6-5-7-11(8-9)14(3,12)13;1-3-5-8(4-2)6-10-7-9;1-2/h10H,4-8H2,1-3H3;3-5,7H,6H2,1-2H3;1-2H3/b;5-3-,8-4+;. The Morgan fingerprint density at radius 3 is 2.31 bits per heavy atom. The van der Waals surface area contributed by atoms with Crippen molar-refractivity contribution < 1.29 is 17.9 Å². The van der Waals surface area contributed by atoms with Crippen LogP contribution in [0.3, 0.4) is 0 Å². The topological polar surface area (TPSA) is 75.7 Å². The lowest BCUT2D eigenvalue weighted by atomic mass is 9.88. The van der Waals surface area contributed by atoms with Gasteiger partial charge in [0, 0.05) is 18.6 Å². The number of ether oxygens (including phenoxy) is 1. The van der Waals surface area contributed by atoms with E-state index in [0.29, 0.717) is 26.2 Å². The molecule has 0 amide bonds. The third-order valence-electron chi connectivity index (χ3n) is 4.29. The molecule has 0 aromatic rings. The predicted molar refractivity (Wildman–Crippen MR) is 110 cm³/mol. The fourth-order valence-corrected chi connectivity index (χ4v) is 3.56. The van der Waals surface area contributed by atoms with Crippen LogP contribution in [-0.2, 0) is 19.6 Å². The van der Waals surface area contributed by atoms with E-state index in [1.807, 2.05) is 53.0 Å². The average Bonchev–Trinajstić information content (AvgIpc) is 2.66. The van der Waals surface area contributed by atoms with Crippen LogP contribution in [0.25, 0.3) is 0 Å². The molecule has 1 atom stereocenters. The molecular weight excluding hydrogens is 352 g/mol. The molecule has 1 fully saturated rings. The average molecular weight is 391 g/mol. The van der Waals surface area contributed by atoms with Gasteiger partial charge in [-0.15, -0.1) is 0 Å². The molecule has 0 spiro atoms. The van der Waals surface area contributed by atoms with Crippen LogP contribution in [0.4, 0.5) is 0 Å². The largest absolute Gasteiger partial charge is 0.463 e. The van der Waals surface area contributed by atoms with E-state index in [1.165, 1.54) is 6.26 Å². The van der Waals surface area contributed by atoms with Crippen LogP contribution >= 0.6 is 0 Å². The highest BCUT2D eigenvalue weighted by Gasteiger charge is 2.35. The summed E-state index contributed by atoms with van der Waals surface area (Å²) in [6.07, 6.45) is 9.98. The van der Waals surface area contributed by atoms with Crippen molar-refractivity contribution in [1.29, 1.82) is 0 Å². The van der Waals surface area contributed by atoms with E-state index in [-0.39, 0.29) is 5.54 Å². The Kier molecular flexibility index (Phi) is 15.5. The van der Waals surface area contributed by atoms with Gasteiger partial charge in [-0.25, -0.2) is 12.7 Å². The SMILES string of the molecule is C/C=C\C(=C/C)COC=O.CC.CCC1(NC)CCCN(S(C)(=O)=O)C1. The lowest BCUT2D eigenvalue weighted by Gasteiger charge is -2.41. The van der Waals surface area contributed by atoms with E-state index in [0.717, 1.165) is 24.8 Å². The number of nitrogens with one attached hydrogen (secondary N) is 1. The van der Waals surface area contributed by atoms with Crippen molar-refractivity contribution >= 4 is 16.5 Å². The molecule has 1 aliphatic rings. The third-order valence-corrected chi connectivity index (χ3v) is 5.54. The summed E-state index contributed by atoms with van der Waals surface area (Å²) in [6.45, 7) is 12.0. The van der Waals surface area contributed by atoms with Gasteiger partial charge in [0.1, 0.15) is 6.61 Å². The lowest BCUT2D eigenvalue weighted by molar-refractivity contribution is -0.127. The van der Waals surface area contributed by atoms with E-state index in [2.05, 4.69) is 17.0 Å². The fourth-order valence-electron chi connectivity index (χ4n) is 2.61. The van der Waals surface area contributed by atoms with Crippen molar-refractivity contribution in [3.05, 3.63) is 23.8 Å². The van der Waals surface area contributed by atoms with Crippen molar-refractivity contribution in [2.45, 2.75) is 59.4 Å². The van der Waals surface area contributed by atoms with Crippen LogP contribution in [0.15, 0.2) is 23.8 Å². The Labute approximate surface area is 160 Å². The molecule has 0 aromatic carbocycles. The highest BCUT2D eigenvalue weighted by Crippen LogP contribution is 2.25. The molecule has 7 heteroatoms. The quantitative estimate of drug-likeness (QED) is 0.534. The predicted octanol–water partition coefficient (Wildman–Crippen LogP) is 3.12.